The Bertz CT molecular complexity index is 1480. The number of carbonyl (C=O) groups is 3. The van der Waals surface area contributed by atoms with Gasteiger partial charge >= 0.3 is 12.1 Å². The Morgan fingerprint density at radius 3 is 2.51 bits per heavy atom. The maximum atomic E-state index is 13.5. The van der Waals surface area contributed by atoms with Gasteiger partial charge in [-0.2, -0.15) is 0 Å². The minimum absolute atomic E-state index is 0.0740. The maximum absolute atomic E-state index is 13.5. The van der Waals surface area contributed by atoms with E-state index >= 15 is 0 Å². The van der Waals surface area contributed by atoms with E-state index in [0.717, 1.165) is 18.7 Å². The Labute approximate surface area is 266 Å². The summed E-state index contributed by atoms with van der Waals surface area (Å²) in [5.74, 6) is 1.06. The largest absolute Gasteiger partial charge is 0.486 e. The molecule has 1 fully saturated rings. The van der Waals surface area contributed by atoms with Crippen LogP contribution >= 0.6 is 11.3 Å². The number of nitrogens with zero attached hydrogens (tertiary/aromatic N) is 3. The third kappa shape index (κ3) is 9.40. The number of anilines is 2. The van der Waals surface area contributed by atoms with Crippen molar-refractivity contribution in [3.8, 4) is 11.5 Å². The summed E-state index contributed by atoms with van der Waals surface area (Å²) in [6, 6.07) is 8.56. The molecule has 13 heteroatoms. The quantitative estimate of drug-likeness (QED) is 0.293. The smallest absolute Gasteiger partial charge is 0.412 e. The number of nitrogens with one attached hydrogen (secondary N) is 2. The van der Waals surface area contributed by atoms with Crippen LogP contribution in [0.25, 0.3) is 0 Å². The van der Waals surface area contributed by atoms with Gasteiger partial charge in [-0.15, -0.1) is 11.3 Å². The number of ether oxygens (including phenoxy) is 4. The van der Waals surface area contributed by atoms with E-state index in [1.807, 2.05) is 11.4 Å². The molecular formula is C32H39N5O7S. The Balaban J connectivity index is 1.22. The monoisotopic (exact) mass is 637 g/mol. The molecule has 3 aromatic rings. The molecule has 45 heavy (non-hydrogen) atoms. The second-order valence-electron chi connectivity index (χ2n) is 11.8. The van der Waals surface area contributed by atoms with Crippen molar-refractivity contribution in [3.05, 3.63) is 64.1 Å². The van der Waals surface area contributed by atoms with Crippen LogP contribution in [0.3, 0.4) is 0 Å². The fourth-order valence-electron chi connectivity index (χ4n) is 4.81. The number of rotatable bonds is 10. The van der Waals surface area contributed by atoms with Gasteiger partial charge < -0.3 is 29.2 Å². The van der Waals surface area contributed by atoms with Crippen LogP contribution in [0.15, 0.2) is 47.3 Å². The zero-order chi connectivity index (χ0) is 31.8. The average Bonchev–Trinajstić information content (AvgIpc) is 3.44. The molecule has 5 rings (SSSR count). The normalized spacial score (nSPS) is 14.8. The van der Waals surface area contributed by atoms with Crippen molar-refractivity contribution in [3.63, 3.8) is 0 Å². The molecule has 0 atom stereocenters. The van der Waals surface area contributed by atoms with Crippen molar-refractivity contribution < 1.29 is 33.3 Å². The molecule has 2 N–H and O–H groups in total. The number of fused-ring (bicyclic) bond motifs is 1. The molecule has 3 amide bonds. The lowest BCUT2D eigenvalue weighted by Gasteiger charge is -2.30. The lowest BCUT2D eigenvalue weighted by molar-refractivity contribution is 0.0349. The fraction of sp³-hybridized carbons (Fsp3) is 0.438. The molecule has 1 saturated heterocycles. The summed E-state index contributed by atoms with van der Waals surface area (Å²) in [5, 5.41) is 9.30. The first-order valence-electron chi connectivity index (χ1n) is 14.9. The van der Waals surface area contributed by atoms with Crippen molar-refractivity contribution in [1.29, 1.82) is 0 Å². The van der Waals surface area contributed by atoms with E-state index in [1.54, 1.807) is 61.5 Å². The minimum Gasteiger partial charge on any atom is -0.486 e. The van der Waals surface area contributed by atoms with E-state index in [4.69, 9.17) is 18.9 Å². The Morgan fingerprint density at radius 2 is 1.78 bits per heavy atom. The average molecular weight is 638 g/mol. The van der Waals surface area contributed by atoms with Crippen LogP contribution in [0.2, 0.25) is 0 Å². The third-order valence-electron chi connectivity index (χ3n) is 7.08. The van der Waals surface area contributed by atoms with E-state index in [9.17, 15) is 14.4 Å². The SMILES string of the molecule is CC(C)(C)OC(=O)Nc1cscc1CC(=O)c1ccc(CN(CCN2CCOCC2)C(=O)Nc2ccc3c(c2)OCCO3)cn1. The van der Waals surface area contributed by atoms with Gasteiger partial charge in [0.05, 0.1) is 18.9 Å². The van der Waals surface area contributed by atoms with E-state index in [2.05, 4.69) is 20.5 Å². The van der Waals surface area contributed by atoms with Gasteiger partial charge in [-0.3, -0.25) is 20.0 Å². The van der Waals surface area contributed by atoms with Gasteiger partial charge in [0.2, 0.25) is 0 Å². The Kier molecular flexibility index (Phi) is 10.5. The predicted molar refractivity (Wildman–Crippen MR) is 171 cm³/mol. The molecule has 0 saturated carbocycles. The number of hydrogen-bond donors (Lipinski definition) is 2. The van der Waals surface area contributed by atoms with Crippen molar-refractivity contribution in [2.24, 2.45) is 0 Å². The van der Waals surface area contributed by atoms with E-state index in [0.29, 0.717) is 80.2 Å². The highest BCUT2D eigenvalue weighted by atomic mass is 32.1. The number of ketones is 1. The second kappa shape index (κ2) is 14.7. The zero-order valence-electron chi connectivity index (χ0n) is 25.8. The highest BCUT2D eigenvalue weighted by Crippen LogP contribution is 2.32. The molecule has 2 aliphatic rings. The number of Topliss-reactive ketones (excluding diaryl/α,β-unsaturated/α-hetero) is 1. The second-order valence-corrected chi connectivity index (χ2v) is 12.5. The molecule has 4 heterocycles. The highest BCUT2D eigenvalue weighted by molar-refractivity contribution is 7.08. The first-order chi connectivity index (χ1) is 21.6. The minimum atomic E-state index is -0.633. The number of hydrogen-bond acceptors (Lipinski definition) is 10. The zero-order valence-corrected chi connectivity index (χ0v) is 26.6. The molecule has 2 aliphatic heterocycles. The van der Waals surface area contributed by atoms with Crippen molar-refractivity contribution >= 4 is 40.6 Å². The van der Waals surface area contributed by atoms with Gasteiger partial charge in [0.15, 0.2) is 17.3 Å². The summed E-state index contributed by atoms with van der Waals surface area (Å²) in [7, 11) is 0. The van der Waals surface area contributed by atoms with Gasteiger partial charge in [-0.05, 0) is 55.5 Å². The summed E-state index contributed by atoms with van der Waals surface area (Å²) in [4.78, 5) is 47.2. The van der Waals surface area contributed by atoms with E-state index in [1.165, 1.54) is 11.3 Å². The number of aromatic nitrogens is 1. The molecule has 2 aromatic heterocycles. The van der Waals surface area contributed by atoms with Crippen LogP contribution < -0.4 is 20.1 Å². The van der Waals surface area contributed by atoms with E-state index in [-0.39, 0.29) is 18.2 Å². The number of thiophene rings is 1. The van der Waals surface area contributed by atoms with Crippen LogP contribution in [0, 0.1) is 0 Å². The summed E-state index contributed by atoms with van der Waals surface area (Å²) < 4.78 is 22.0. The molecule has 0 aliphatic carbocycles. The molecule has 240 valence electrons. The molecule has 0 unspecified atom stereocenters. The fourth-order valence-corrected chi connectivity index (χ4v) is 5.60. The lowest BCUT2D eigenvalue weighted by Crippen LogP contribution is -2.44. The number of morpholine rings is 1. The van der Waals surface area contributed by atoms with Crippen LogP contribution in [0.5, 0.6) is 11.5 Å². The first-order valence-corrected chi connectivity index (χ1v) is 15.9. The van der Waals surface area contributed by atoms with Crippen LogP contribution in [-0.4, -0.2) is 90.9 Å². The summed E-state index contributed by atoms with van der Waals surface area (Å²) in [6.07, 6.45) is 1.12. The molecule has 0 spiro atoms. The molecule has 0 bridgehead atoms. The number of pyridine rings is 1. The van der Waals surface area contributed by atoms with Crippen LogP contribution in [0.1, 0.15) is 42.4 Å². The Hall–Kier alpha value is -4.20. The summed E-state index contributed by atoms with van der Waals surface area (Å²) >= 11 is 1.39. The lowest BCUT2D eigenvalue weighted by atomic mass is 10.1. The number of urea groups is 1. The van der Waals surface area contributed by atoms with Gasteiger partial charge in [0, 0.05) is 62.5 Å². The van der Waals surface area contributed by atoms with Crippen molar-refractivity contribution in [1.82, 2.24) is 14.8 Å². The van der Waals surface area contributed by atoms with Gasteiger partial charge in [0.1, 0.15) is 24.5 Å². The summed E-state index contributed by atoms with van der Waals surface area (Å²) in [5.41, 5.74) is 2.29. The molecule has 12 nitrogen and oxygen atoms in total. The van der Waals surface area contributed by atoms with Crippen LogP contribution in [0.4, 0.5) is 21.0 Å². The Morgan fingerprint density at radius 1 is 1.00 bits per heavy atom. The predicted octanol–water partition coefficient (Wildman–Crippen LogP) is 5.05. The van der Waals surface area contributed by atoms with E-state index < -0.39 is 11.7 Å². The topological polar surface area (TPSA) is 132 Å². The number of carbonyl (C=O) groups excluding carboxylic acids is 3. The highest BCUT2D eigenvalue weighted by Gasteiger charge is 2.21. The standard InChI is InChI=1S/C32H39N5O7S/c1-32(2,3)44-31(40)35-26-21-45-20-23(26)16-27(38)25-6-4-22(18-33-25)19-37(9-8-36-10-12-41-13-11-36)30(39)34-24-5-7-28-29(17-24)43-15-14-42-28/h4-7,17-18,20-21H,8-16,19H2,1-3H3,(H,34,39)(H,35,40). The summed E-state index contributed by atoms with van der Waals surface area (Å²) in [6.45, 7) is 10.8. The van der Waals surface area contributed by atoms with Gasteiger partial charge in [-0.1, -0.05) is 6.07 Å². The first kappa shape index (κ1) is 32.2. The number of amides is 3. The third-order valence-corrected chi connectivity index (χ3v) is 7.88. The maximum Gasteiger partial charge on any atom is 0.412 e. The van der Waals surface area contributed by atoms with Gasteiger partial charge in [-0.25, -0.2) is 9.59 Å². The molecule has 1 aromatic carbocycles. The van der Waals surface area contributed by atoms with Crippen molar-refractivity contribution in [2.45, 2.75) is 39.3 Å². The number of benzene rings is 1. The molecular weight excluding hydrogens is 598 g/mol. The van der Waals surface area contributed by atoms with Crippen LogP contribution in [-0.2, 0) is 22.4 Å². The van der Waals surface area contributed by atoms with Crippen molar-refractivity contribution in [2.75, 3.05) is 63.2 Å². The molecule has 0 radical (unpaired) electrons. The van der Waals surface area contributed by atoms with Gasteiger partial charge in [0.25, 0.3) is 0 Å².